The van der Waals surface area contributed by atoms with E-state index in [2.05, 4.69) is 0 Å². The van der Waals surface area contributed by atoms with Gasteiger partial charge in [-0.25, -0.2) is 5.06 Å². The lowest BCUT2D eigenvalue weighted by Gasteiger charge is -2.25. The average molecular weight is 211 g/mol. The number of hydroxylamine groups is 2. The summed E-state index contributed by atoms with van der Waals surface area (Å²) in [4.78, 5) is 18.0. The SMILES string of the molecule is Cc1ccsc1C(=O)N1CCCCO1. The Morgan fingerprint density at radius 2 is 2.43 bits per heavy atom. The van der Waals surface area contributed by atoms with Gasteiger partial charge in [0.1, 0.15) is 0 Å². The molecule has 0 aromatic carbocycles. The van der Waals surface area contributed by atoms with E-state index in [1.807, 2.05) is 18.4 Å². The van der Waals surface area contributed by atoms with E-state index in [9.17, 15) is 4.79 Å². The molecule has 1 amide bonds. The maximum Gasteiger partial charge on any atom is 0.287 e. The van der Waals surface area contributed by atoms with Gasteiger partial charge in [0.2, 0.25) is 0 Å². The van der Waals surface area contributed by atoms with Gasteiger partial charge in [0, 0.05) is 6.54 Å². The minimum Gasteiger partial charge on any atom is -0.271 e. The summed E-state index contributed by atoms with van der Waals surface area (Å²) in [6, 6.07) is 1.96. The lowest BCUT2D eigenvalue weighted by molar-refractivity contribution is -0.144. The van der Waals surface area contributed by atoms with Gasteiger partial charge in [0.25, 0.3) is 5.91 Å². The molecule has 0 spiro atoms. The van der Waals surface area contributed by atoms with Crippen LogP contribution in [0.15, 0.2) is 11.4 Å². The fourth-order valence-electron chi connectivity index (χ4n) is 1.46. The van der Waals surface area contributed by atoms with Crippen LogP contribution in [0.3, 0.4) is 0 Å². The van der Waals surface area contributed by atoms with Gasteiger partial charge in [0.05, 0.1) is 11.5 Å². The molecule has 0 aliphatic carbocycles. The number of hydrogen-bond donors (Lipinski definition) is 0. The summed E-state index contributed by atoms with van der Waals surface area (Å²) < 4.78 is 0. The van der Waals surface area contributed by atoms with Gasteiger partial charge >= 0.3 is 0 Å². The van der Waals surface area contributed by atoms with Crippen LogP contribution in [0, 0.1) is 6.92 Å². The predicted molar refractivity (Wildman–Crippen MR) is 55.3 cm³/mol. The van der Waals surface area contributed by atoms with E-state index in [4.69, 9.17) is 4.84 Å². The molecule has 3 nitrogen and oxygen atoms in total. The molecule has 0 unspecified atom stereocenters. The molecule has 14 heavy (non-hydrogen) atoms. The number of hydrogen-bond acceptors (Lipinski definition) is 3. The summed E-state index contributed by atoms with van der Waals surface area (Å²) in [5, 5.41) is 3.43. The zero-order chi connectivity index (χ0) is 9.97. The van der Waals surface area contributed by atoms with Crippen molar-refractivity contribution in [1.29, 1.82) is 0 Å². The second-order valence-electron chi connectivity index (χ2n) is 3.38. The van der Waals surface area contributed by atoms with E-state index >= 15 is 0 Å². The summed E-state index contributed by atoms with van der Waals surface area (Å²) >= 11 is 1.48. The zero-order valence-electron chi connectivity index (χ0n) is 8.16. The fourth-order valence-corrected chi connectivity index (χ4v) is 2.33. The molecule has 0 saturated carbocycles. The zero-order valence-corrected chi connectivity index (χ0v) is 8.97. The van der Waals surface area contributed by atoms with Crippen LogP contribution in [0.2, 0.25) is 0 Å². The van der Waals surface area contributed by atoms with Crippen molar-refractivity contribution < 1.29 is 9.63 Å². The Kier molecular flexibility index (Phi) is 2.84. The Labute approximate surface area is 87.2 Å². The topological polar surface area (TPSA) is 29.5 Å². The molecule has 1 aliphatic rings. The summed E-state index contributed by atoms with van der Waals surface area (Å²) in [6.45, 7) is 3.33. The highest BCUT2D eigenvalue weighted by Crippen LogP contribution is 2.19. The van der Waals surface area contributed by atoms with Crippen molar-refractivity contribution in [1.82, 2.24) is 5.06 Å². The molecule has 0 atom stereocenters. The Morgan fingerprint density at radius 1 is 1.57 bits per heavy atom. The van der Waals surface area contributed by atoms with E-state index in [1.165, 1.54) is 16.4 Å². The summed E-state index contributed by atoms with van der Waals surface area (Å²) in [7, 11) is 0. The number of aryl methyl sites for hydroxylation is 1. The first kappa shape index (κ1) is 9.68. The first-order chi connectivity index (χ1) is 6.79. The standard InChI is InChI=1S/C10H13NO2S/c1-8-4-7-14-9(8)10(12)11-5-2-3-6-13-11/h4,7H,2-3,5-6H2,1H3. The summed E-state index contributed by atoms with van der Waals surface area (Å²) in [5.41, 5.74) is 1.04. The van der Waals surface area contributed by atoms with Crippen molar-refractivity contribution in [3.8, 4) is 0 Å². The molecule has 4 heteroatoms. The lowest BCUT2D eigenvalue weighted by atomic mass is 10.2. The van der Waals surface area contributed by atoms with Crippen LogP contribution >= 0.6 is 11.3 Å². The van der Waals surface area contributed by atoms with Crippen LogP contribution in [0.5, 0.6) is 0 Å². The van der Waals surface area contributed by atoms with Crippen molar-refractivity contribution in [2.75, 3.05) is 13.2 Å². The highest BCUT2D eigenvalue weighted by Gasteiger charge is 2.21. The molecule has 1 aromatic heterocycles. The molecule has 2 heterocycles. The molecule has 1 fully saturated rings. The van der Waals surface area contributed by atoms with Crippen molar-refractivity contribution in [2.45, 2.75) is 19.8 Å². The summed E-state index contributed by atoms with van der Waals surface area (Å²) in [6.07, 6.45) is 2.09. The van der Waals surface area contributed by atoms with Crippen molar-refractivity contribution in [2.24, 2.45) is 0 Å². The quantitative estimate of drug-likeness (QED) is 0.713. The monoisotopic (exact) mass is 211 g/mol. The van der Waals surface area contributed by atoms with E-state index in [-0.39, 0.29) is 5.91 Å². The van der Waals surface area contributed by atoms with Crippen molar-refractivity contribution in [3.63, 3.8) is 0 Å². The smallest absolute Gasteiger partial charge is 0.271 e. The maximum atomic E-state index is 11.9. The number of amides is 1. The molecule has 76 valence electrons. The maximum absolute atomic E-state index is 11.9. The Balaban J connectivity index is 2.11. The predicted octanol–water partition coefficient (Wildman–Crippen LogP) is 2.22. The highest BCUT2D eigenvalue weighted by atomic mass is 32.1. The van der Waals surface area contributed by atoms with Gasteiger partial charge in [-0.2, -0.15) is 0 Å². The number of rotatable bonds is 1. The Morgan fingerprint density at radius 3 is 3.00 bits per heavy atom. The van der Waals surface area contributed by atoms with Gasteiger partial charge in [-0.1, -0.05) is 0 Å². The second-order valence-corrected chi connectivity index (χ2v) is 4.30. The lowest BCUT2D eigenvalue weighted by Crippen LogP contribution is -2.35. The van der Waals surface area contributed by atoms with Crippen LogP contribution in [0.25, 0.3) is 0 Å². The van der Waals surface area contributed by atoms with Crippen LogP contribution in [-0.2, 0) is 4.84 Å². The first-order valence-corrected chi connectivity index (χ1v) is 5.66. The molecule has 1 aliphatic heterocycles. The van der Waals surface area contributed by atoms with Gasteiger partial charge in [-0.15, -0.1) is 11.3 Å². The second kappa shape index (κ2) is 4.11. The molecule has 2 rings (SSSR count). The molecular weight excluding hydrogens is 198 g/mol. The highest BCUT2D eigenvalue weighted by molar-refractivity contribution is 7.12. The van der Waals surface area contributed by atoms with Gasteiger partial charge in [0.15, 0.2) is 0 Å². The molecule has 0 bridgehead atoms. The number of carbonyl (C=O) groups is 1. The van der Waals surface area contributed by atoms with Crippen LogP contribution < -0.4 is 0 Å². The third-order valence-corrected chi connectivity index (χ3v) is 3.29. The van der Waals surface area contributed by atoms with Crippen LogP contribution in [0.1, 0.15) is 28.1 Å². The minimum atomic E-state index is 0.0113. The van der Waals surface area contributed by atoms with Crippen LogP contribution in [0.4, 0.5) is 0 Å². The number of nitrogens with zero attached hydrogens (tertiary/aromatic N) is 1. The van der Waals surface area contributed by atoms with Gasteiger partial charge in [-0.3, -0.25) is 9.63 Å². The van der Waals surface area contributed by atoms with Gasteiger partial charge in [-0.05, 0) is 36.8 Å². The Hall–Kier alpha value is -0.870. The number of thiophene rings is 1. The third kappa shape index (κ3) is 1.81. The normalized spacial score (nSPS) is 17.1. The molecule has 0 N–H and O–H groups in total. The third-order valence-electron chi connectivity index (χ3n) is 2.29. The molecule has 1 aromatic rings. The van der Waals surface area contributed by atoms with Crippen molar-refractivity contribution in [3.05, 3.63) is 21.9 Å². The Bertz CT molecular complexity index is 329. The summed E-state index contributed by atoms with van der Waals surface area (Å²) in [5.74, 6) is 0.0113. The van der Waals surface area contributed by atoms with E-state index in [0.29, 0.717) is 6.61 Å². The molecule has 0 radical (unpaired) electrons. The van der Waals surface area contributed by atoms with Crippen molar-refractivity contribution >= 4 is 17.2 Å². The van der Waals surface area contributed by atoms with E-state index in [0.717, 1.165) is 29.8 Å². The average Bonchev–Trinajstić information content (AvgIpc) is 2.65. The largest absolute Gasteiger partial charge is 0.287 e. The van der Waals surface area contributed by atoms with E-state index < -0.39 is 0 Å². The van der Waals surface area contributed by atoms with E-state index in [1.54, 1.807) is 0 Å². The fraction of sp³-hybridized carbons (Fsp3) is 0.500. The molecular formula is C10H13NO2S. The van der Waals surface area contributed by atoms with Crippen LogP contribution in [-0.4, -0.2) is 24.1 Å². The minimum absolute atomic E-state index is 0.0113. The first-order valence-electron chi connectivity index (χ1n) is 4.78. The number of carbonyl (C=O) groups excluding carboxylic acids is 1. The van der Waals surface area contributed by atoms with Gasteiger partial charge < -0.3 is 0 Å². The molecule has 1 saturated heterocycles.